The van der Waals surface area contributed by atoms with Crippen LogP contribution in [0.15, 0.2) is 0 Å². The molecule has 1 heteroatoms. The fraction of sp³-hybridized carbons (Fsp3) is 1.00. The number of aliphatic hydroxyl groups is 1. The number of hydrogen-bond acceptors (Lipinski definition) is 1. The van der Waals surface area contributed by atoms with Crippen molar-refractivity contribution in [1.29, 1.82) is 0 Å². The molecule has 1 saturated carbocycles. The normalized spacial score (nSPS) is 32.6. The van der Waals surface area contributed by atoms with Gasteiger partial charge in [0.25, 0.3) is 0 Å². The van der Waals surface area contributed by atoms with Crippen molar-refractivity contribution < 1.29 is 5.11 Å². The van der Waals surface area contributed by atoms with Crippen LogP contribution in [-0.4, -0.2) is 10.7 Å². The van der Waals surface area contributed by atoms with Crippen molar-refractivity contribution in [2.75, 3.05) is 0 Å². The van der Waals surface area contributed by atoms with E-state index in [0.29, 0.717) is 5.92 Å². The van der Waals surface area contributed by atoms with E-state index >= 15 is 0 Å². The summed E-state index contributed by atoms with van der Waals surface area (Å²) >= 11 is 0. The highest BCUT2D eigenvalue weighted by atomic mass is 16.3. The standard InChI is InChI=1S/C15H30O/c1-4-6-10-14(5-2)12-15(16)11-8-7-9-13(15)3/h13-14,16H,4-12H2,1-3H3. The average molecular weight is 226 g/mol. The van der Waals surface area contributed by atoms with Gasteiger partial charge in [-0.25, -0.2) is 0 Å². The molecule has 1 nitrogen and oxygen atoms in total. The van der Waals surface area contributed by atoms with E-state index in [1.54, 1.807) is 0 Å². The van der Waals surface area contributed by atoms with Gasteiger partial charge >= 0.3 is 0 Å². The molecule has 1 aliphatic carbocycles. The van der Waals surface area contributed by atoms with E-state index in [-0.39, 0.29) is 5.60 Å². The molecule has 96 valence electrons. The zero-order valence-electron chi connectivity index (χ0n) is 11.5. The summed E-state index contributed by atoms with van der Waals surface area (Å²) < 4.78 is 0. The lowest BCUT2D eigenvalue weighted by Crippen LogP contribution is -2.40. The summed E-state index contributed by atoms with van der Waals surface area (Å²) in [6.45, 7) is 6.77. The van der Waals surface area contributed by atoms with Gasteiger partial charge in [0.2, 0.25) is 0 Å². The van der Waals surface area contributed by atoms with E-state index in [0.717, 1.165) is 18.8 Å². The van der Waals surface area contributed by atoms with E-state index in [1.807, 2.05) is 0 Å². The molecule has 0 radical (unpaired) electrons. The highest BCUT2D eigenvalue weighted by Crippen LogP contribution is 2.39. The summed E-state index contributed by atoms with van der Waals surface area (Å²) in [5.41, 5.74) is -0.341. The first-order valence-electron chi connectivity index (χ1n) is 7.34. The van der Waals surface area contributed by atoms with E-state index < -0.39 is 0 Å². The number of rotatable bonds is 6. The van der Waals surface area contributed by atoms with Gasteiger partial charge < -0.3 is 5.11 Å². The van der Waals surface area contributed by atoms with Gasteiger partial charge in [0.05, 0.1) is 5.60 Å². The minimum absolute atomic E-state index is 0.341. The maximum atomic E-state index is 10.7. The highest BCUT2D eigenvalue weighted by Gasteiger charge is 2.37. The van der Waals surface area contributed by atoms with Crippen LogP contribution in [0.4, 0.5) is 0 Å². The molecule has 0 aromatic carbocycles. The van der Waals surface area contributed by atoms with Crippen molar-refractivity contribution in [2.45, 2.75) is 84.2 Å². The summed E-state index contributed by atoms with van der Waals surface area (Å²) in [7, 11) is 0. The Morgan fingerprint density at radius 2 is 2.06 bits per heavy atom. The summed E-state index contributed by atoms with van der Waals surface area (Å²) in [6.07, 6.45) is 11.0. The Morgan fingerprint density at radius 1 is 1.31 bits per heavy atom. The van der Waals surface area contributed by atoms with Gasteiger partial charge in [0.1, 0.15) is 0 Å². The van der Waals surface area contributed by atoms with E-state index in [9.17, 15) is 5.11 Å². The predicted octanol–water partition coefficient (Wildman–Crippen LogP) is 4.53. The fourth-order valence-corrected chi connectivity index (χ4v) is 3.14. The first-order chi connectivity index (χ1) is 7.62. The van der Waals surface area contributed by atoms with Crippen molar-refractivity contribution in [1.82, 2.24) is 0 Å². The molecule has 1 rings (SSSR count). The van der Waals surface area contributed by atoms with Crippen LogP contribution in [0.25, 0.3) is 0 Å². The van der Waals surface area contributed by atoms with Crippen molar-refractivity contribution in [3.05, 3.63) is 0 Å². The molecule has 0 aromatic heterocycles. The first kappa shape index (κ1) is 14.0. The van der Waals surface area contributed by atoms with Crippen molar-refractivity contribution in [3.8, 4) is 0 Å². The Labute approximate surface area is 102 Å². The Kier molecular flexibility index (Phi) is 5.82. The van der Waals surface area contributed by atoms with Crippen molar-refractivity contribution in [3.63, 3.8) is 0 Å². The quantitative estimate of drug-likeness (QED) is 0.705. The third-order valence-corrected chi connectivity index (χ3v) is 4.60. The largest absolute Gasteiger partial charge is 0.390 e. The van der Waals surface area contributed by atoms with Gasteiger partial charge in [-0.1, -0.05) is 59.3 Å². The van der Waals surface area contributed by atoms with Gasteiger partial charge in [-0.05, 0) is 31.1 Å². The van der Waals surface area contributed by atoms with Gasteiger partial charge in [0, 0.05) is 0 Å². The van der Waals surface area contributed by atoms with Gasteiger partial charge in [-0.2, -0.15) is 0 Å². The second-order valence-electron chi connectivity index (χ2n) is 5.87. The smallest absolute Gasteiger partial charge is 0.0675 e. The Balaban J connectivity index is 2.47. The maximum absolute atomic E-state index is 10.7. The van der Waals surface area contributed by atoms with Crippen LogP contribution in [0.5, 0.6) is 0 Å². The highest BCUT2D eigenvalue weighted by molar-refractivity contribution is 4.89. The molecule has 16 heavy (non-hydrogen) atoms. The molecule has 1 fully saturated rings. The van der Waals surface area contributed by atoms with Crippen LogP contribution >= 0.6 is 0 Å². The molecule has 0 aliphatic heterocycles. The molecule has 0 aromatic rings. The molecule has 3 atom stereocenters. The Hall–Kier alpha value is -0.0400. The Morgan fingerprint density at radius 3 is 2.62 bits per heavy atom. The maximum Gasteiger partial charge on any atom is 0.0675 e. The van der Waals surface area contributed by atoms with Gasteiger partial charge in [-0.15, -0.1) is 0 Å². The van der Waals surface area contributed by atoms with Crippen LogP contribution in [0, 0.1) is 11.8 Å². The SMILES string of the molecule is CCCCC(CC)CC1(O)CCCCC1C. The summed E-state index contributed by atoms with van der Waals surface area (Å²) in [6, 6.07) is 0. The van der Waals surface area contributed by atoms with Gasteiger partial charge in [-0.3, -0.25) is 0 Å². The lowest BCUT2D eigenvalue weighted by molar-refractivity contribution is -0.0608. The fourth-order valence-electron chi connectivity index (χ4n) is 3.14. The molecule has 1 aliphatic rings. The second kappa shape index (κ2) is 6.64. The molecular formula is C15H30O. The van der Waals surface area contributed by atoms with E-state index in [1.165, 1.54) is 44.9 Å². The third-order valence-electron chi connectivity index (χ3n) is 4.60. The number of hydrogen-bond donors (Lipinski definition) is 1. The zero-order chi connectivity index (χ0) is 12.0. The third kappa shape index (κ3) is 3.76. The molecular weight excluding hydrogens is 196 g/mol. The summed E-state index contributed by atoms with van der Waals surface area (Å²) in [5.74, 6) is 1.25. The second-order valence-corrected chi connectivity index (χ2v) is 5.87. The molecule has 0 spiro atoms. The minimum Gasteiger partial charge on any atom is -0.390 e. The minimum atomic E-state index is -0.341. The summed E-state index contributed by atoms with van der Waals surface area (Å²) in [5, 5.41) is 10.7. The Bertz CT molecular complexity index is 190. The average Bonchev–Trinajstić information content (AvgIpc) is 2.28. The molecule has 0 amide bonds. The first-order valence-corrected chi connectivity index (χ1v) is 7.34. The van der Waals surface area contributed by atoms with E-state index in [4.69, 9.17) is 0 Å². The topological polar surface area (TPSA) is 20.2 Å². The molecule has 3 unspecified atom stereocenters. The summed E-state index contributed by atoms with van der Waals surface area (Å²) in [4.78, 5) is 0. The predicted molar refractivity (Wildman–Crippen MR) is 70.5 cm³/mol. The zero-order valence-corrected chi connectivity index (χ0v) is 11.5. The van der Waals surface area contributed by atoms with Crippen LogP contribution in [-0.2, 0) is 0 Å². The molecule has 0 heterocycles. The number of unbranched alkanes of at least 4 members (excludes halogenated alkanes) is 1. The molecule has 0 bridgehead atoms. The van der Waals surface area contributed by atoms with Gasteiger partial charge in [0.15, 0.2) is 0 Å². The lowest BCUT2D eigenvalue weighted by atomic mass is 9.71. The van der Waals surface area contributed by atoms with Crippen LogP contribution in [0.3, 0.4) is 0 Å². The monoisotopic (exact) mass is 226 g/mol. The van der Waals surface area contributed by atoms with E-state index in [2.05, 4.69) is 20.8 Å². The van der Waals surface area contributed by atoms with Crippen LogP contribution in [0.1, 0.15) is 78.6 Å². The molecule has 1 N–H and O–H groups in total. The van der Waals surface area contributed by atoms with Crippen LogP contribution < -0.4 is 0 Å². The lowest BCUT2D eigenvalue weighted by Gasteiger charge is -2.40. The van der Waals surface area contributed by atoms with Crippen LogP contribution in [0.2, 0.25) is 0 Å². The molecule has 0 saturated heterocycles. The van der Waals surface area contributed by atoms with Crippen molar-refractivity contribution in [2.24, 2.45) is 11.8 Å². The van der Waals surface area contributed by atoms with Crippen molar-refractivity contribution >= 4 is 0 Å².